The zero-order valence-corrected chi connectivity index (χ0v) is 12.8. The van der Waals surface area contributed by atoms with Gasteiger partial charge in [-0.2, -0.15) is 0 Å². The van der Waals surface area contributed by atoms with Crippen molar-refractivity contribution in [3.63, 3.8) is 0 Å². The van der Waals surface area contributed by atoms with E-state index >= 15 is 0 Å². The van der Waals surface area contributed by atoms with Gasteiger partial charge in [0.05, 0.1) is 7.11 Å². The highest BCUT2D eigenvalue weighted by Gasteiger charge is 2.06. The van der Waals surface area contributed by atoms with Gasteiger partial charge in [-0.05, 0) is 62.6 Å². The predicted octanol–water partition coefficient (Wildman–Crippen LogP) is 2.56. The zero-order valence-electron chi connectivity index (χ0n) is 12.8. The van der Waals surface area contributed by atoms with E-state index in [-0.39, 0.29) is 0 Å². The summed E-state index contributed by atoms with van der Waals surface area (Å²) >= 11 is 0. The Hall–Kier alpha value is -1.06. The van der Waals surface area contributed by atoms with Crippen LogP contribution in [0.4, 0.5) is 0 Å². The second-order valence-corrected chi connectivity index (χ2v) is 5.18. The van der Waals surface area contributed by atoms with E-state index in [4.69, 9.17) is 4.74 Å². The topological polar surface area (TPSA) is 33.3 Å². The van der Waals surface area contributed by atoms with Crippen molar-refractivity contribution >= 4 is 0 Å². The first-order chi connectivity index (χ1) is 9.19. The van der Waals surface area contributed by atoms with Gasteiger partial charge in [0.1, 0.15) is 5.75 Å². The van der Waals surface area contributed by atoms with Crippen LogP contribution in [0, 0.1) is 0 Å². The van der Waals surface area contributed by atoms with E-state index in [2.05, 4.69) is 42.7 Å². The molecule has 108 valence electrons. The largest absolute Gasteiger partial charge is 0.496 e. The predicted molar refractivity (Wildman–Crippen MR) is 82.2 cm³/mol. The number of hydrogen-bond acceptors (Lipinski definition) is 3. The first-order valence-corrected chi connectivity index (χ1v) is 7.21. The molecule has 3 nitrogen and oxygen atoms in total. The monoisotopic (exact) mass is 264 g/mol. The van der Waals surface area contributed by atoms with Crippen LogP contribution < -0.4 is 15.4 Å². The Morgan fingerprint density at radius 1 is 1.16 bits per heavy atom. The van der Waals surface area contributed by atoms with Gasteiger partial charge in [0.25, 0.3) is 0 Å². The van der Waals surface area contributed by atoms with Crippen LogP contribution in [0.25, 0.3) is 0 Å². The fraction of sp³-hybridized carbons (Fsp3) is 0.625. The highest BCUT2D eigenvalue weighted by Crippen LogP contribution is 2.24. The van der Waals surface area contributed by atoms with Crippen LogP contribution in [-0.2, 0) is 6.42 Å². The minimum absolute atomic E-state index is 0.563. The Labute approximate surface area is 117 Å². The average molecular weight is 264 g/mol. The summed E-state index contributed by atoms with van der Waals surface area (Å²) in [6, 6.07) is 6.53. The summed E-state index contributed by atoms with van der Waals surface area (Å²) < 4.78 is 5.44. The fourth-order valence-corrected chi connectivity index (χ4v) is 2.09. The van der Waals surface area contributed by atoms with E-state index in [1.54, 1.807) is 7.11 Å². The minimum Gasteiger partial charge on any atom is -0.496 e. The van der Waals surface area contributed by atoms with Crippen molar-refractivity contribution in [3.8, 4) is 5.75 Å². The van der Waals surface area contributed by atoms with Crippen molar-refractivity contribution in [2.24, 2.45) is 0 Å². The molecule has 2 N–H and O–H groups in total. The summed E-state index contributed by atoms with van der Waals surface area (Å²) in [5, 5.41) is 6.63. The maximum atomic E-state index is 5.44. The van der Waals surface area contributed by atoms with Crippen molar-refractivity contribution in [2.45, 2.75) is 32.6 Å². The molecule has 0 amide bonds. The Morgan fingerprint density at radius 3 is 2.58 bits per heavy atom. The fourth-order valence-electron chi connectivity index (χ4n) is 2.09. The smallest absolute Gasteiger partial charge is 0.122 e. The summed E-state index contributed by atoms with van der Waals surface area (Å²) in [4.78, 5) is 0. The minimum atomic E-state index is 0.563. The lowest BCUT2D eigenvalue weighted by molar-refractivity contribution is 0.408. The number of rotatable bonds is 9. The van der Waals surface area contributed by atoms with Crippen molar-refractivity contribution < 1.29 is 4.74 Å². The molecule has 0 atom stereocenters. The van der Waals surface area contributed by atoms with Gasteiger partial charge in [-0.1, -0.05) is 26.0 Å². The second-order valence-electron chi connectivity index (χ2n) is 5.18. The van der Waals surface area contributed by atoms with Crippen molar-refractivity contribution in [3.05, 3.63) is 29.3 Å². The van der Waals surface area contributed by atoms with Crippen LogP contribution >= 0.6 is 0 Å². The van der Waals surface area contributed by atoms with Crippen LogP contribution in [0.3, 0.4) is 0 Å². The molecule has 0 aliphatic carbocycles. The second kappa shape index (κ2) is 8.94. The van der Waals surface area contributed by atoms with Crippen LogP contribution in [-0.4, -0.2) is 33.8 Å². The number of hydrogen-bond donors (Lipinski definition) is 2. The zero-order chi connectivity index (χ0) is 14.1. The average Bonchev–Trinajstić information content (AvgIpc) is 2.42. The first kappa shape index (κ1) is 16.0. The SMILES string of the molecule is CNCCCNCCc1cc(C(C)C)ccc1OC. The summed E-state index contributed by atoms with van der Waals surface area (Å²) in [6.45, 7) is 7.58. The lowest BCUT2D eigenvalue weighted by Crippen LogP contribution is -2.22. The number of methoxy groups -OCH3 is 1. The van der Waals surface area contributed by atoms with Crippen molar-refractivity contribution in [1.82, 2.24) is 10.6 Å². The Balaban J connectivity index is 2.48. The molecular formula is C16H28N2O. The molecule has 0 aromatic heterocycles. The van der Waals surface area contributed by atoms with E-state index in [1.807, 2.05) is 7.05 Å². The summed E-state index contributed by atoms with van der Waals surface area (Å²) in [5.74, 6) is 1.56. The van der Waals surface area contributed by atoms with Gasteiger partial charge >= 0.3 is 0 Å². The third-order valence-electron chi connectivity index (χ3n) is 3.32. The van der Waals surface area contributed by atoms with Gasteiger partial charge in [-0.25, -0.2) is 0 Å². The molecule has 19 heavy (non-hydrogen) atoms. The highest BCUT2D eigenvalue weighted by molar-refractivity contribution is 5.38. The van der Waals surface area contributed by atoms with Crippen molar-refractivity contribution in [2.75, 3.05) is 33.8 Å². The molecule has 0 aliphatic heterocycles. The summed E-state index contributed by atoms with van der Waals surface area (Å²) in [7, 11) is 3.73. The van der Waals surface area contributed by atoms with E-state index in [1.165, 1.54) is 17.5 Å². The van der Waals surface area contributed by atoms with Gasteiger partial charge in [-0.3, -0.25) is 0 Å². The summed E-state index contributed by atoms with van der Waals surface area (Å²) in [5.41, 5.74) is 2.68. The maximum absolute atomic E-state index is 5.44. The molecule has 0 radical (unpaired) electrons. The Bertz CT molecular complexity index is 364. The van der Waals surface area contributed by atoms with E-state index in [0.717, 1.165) is 31.8 Å². The lowest BCUT2D eigenvalue weighted by Gasteiger charge is -2.13. The molecule has 0 spiro atoms. The molecule has 1 rings (SSSR count). The molecule has 0 heterocycles. The molecule has 0 unspecified atom stereocenters. The Kier molecular flexibility index (Phi) is 7.53. The van der Waals surface area contributed by atoms with E-state index in [0.29, 0.717) is 5.92 Å². The molecule has 0 fully saturated rings. The molecule has 1 aromatic rings. The summed E-state index contributed by atoms with van der Waals surface area (Å²) in [6.07, 6.45) is 2.18. The van der Waals surface area contributed by atoms with Crippen LogP contribution in [0.1, 0.15) is 37.3 Å². The first-order valence-electron chi connectivity index (χ1n) is 7.21. The molecule has 0 saturated heterocycles. The van der Waals surface area contributed by atoms with Crippen LogP contribution in [0.5, 0.6) is 5.75 Å². The van der Waals surface area contributed by atoms with Crippen molar-refractivity contribution in [1.29, 1.82) is 0 Å². The molecule has 1 aromatic carbocycles. The number of ether oxygens (including phenoxy) is 1. The molecule has 0 aliphatic rings. The molecular weight excluding hydrogens is 236 g/mol. The molecule has 0 saturated carbocycles. The number of benzene rings is 1. The van der Waals surface area contributed by atoms with Gasteiger partial charge in [-0.15, -0.1) is 0 Å². The maximum Gasteiger partial charge on any atom is 0.122 e. The highest BCUT2D eigenvalue weighted by atomic mass is 16.5. The quantitative estimate of drug-likeness (QED) is 0.673. The standard InChI is InChI=1S/C16H28N2O/c1-13(2)14-6-7-16(19-4)15(12-14)8-11-18-10-5-9-17-3/h6-7,12-13,17-18H,5,8-11H2,1-4H3. The molecule has 0 bridgehead atoms. The van der Waals surface area contributed by atoms with E-state index < -0.39 is 0 Å². The Morgan fingerprint density at radius 2 is 1.95 bits per heavy atom. The lowest BCUT2D eigenvalue weighted by atomic mass is 9.99. The van der Waals surface area contributed by atoms with Gasteiger partial charge in [0.2, 0.25) is 0 Å². The van der Waals surface area contributed by atoms with Gasteiger partial charge < -0.3 is 15.4 Å². The van der Waals surface area contributed by atoms with E-state index in [9.17, 15) is 0 Å². The van der Waals surface area contributed by atoms with Gasteiger partial charge in [0.15, 0.2) is 0 Å². The third kappa shape index (κ3) is 5.62. The normalized spacial score (nSPS) is 11.0. The molecule has 3 heteroatoms. The van der Waals surface area contributed by atoms with Crippen LogP contribution in [0.2, 0.25) is 0 Å². The van der Waals surface area contributed by atoms with Crippen LogP contribution in [0.15, 0.2) is 18.2 Å². The number of nitrogens with one attached hydrogen (secondary N) is 2. The van der Waals surface area contributed by atoms with Gasteiger partial charge in [0, 0.05) is 0 Å². The third-order valence-corrected chi connectivity index (χ3v) is 3.32.